The van der Waals surface area contributed by atoms with Gasteiger partial charge in [0.05, 0.1) is 0 Å². The fourth-order valence-electron chi connectivity index (χ4n) is 0.299. The Labute approximate surface area is 42.7 Å². The number of nitrogens with zero attached hydrogens (tertiary/aromatic N) is 2. The van der Waals surface area contributed by atoms with Gasteiger partial charge in [-0.2, -0.15) is 0 Å². The van der Waals surface area contributed by atoms with Crippen molar-refractivity contribution >= 4 is 5.95 Å². The van der Waals surface area contributed by atoms with Crippen LogP contribution in [0, 0.1) is 0 Å². The molecule has 1 rings (SSSR count). The van der Waals surface area contributed by atoms with Crippen molar-refractivity contribution < 1.29 is 1.41 Å². The van der Waals surface area contributed by atoms with E-state index in [1.54, 1.807) is 18.5 Å². The summed E-state index contributed by atoms with van der Waals surface area (Å²) in [6.45, 7) is 0. The third kappa shape index (κ3) is 0.855. The van der Waals surface area contributed by atoms with Gasteiger partial charge in [-0.1, -0.05) is 0 Å². The molecule has 36 valence electrons. The zero-order chi connectivity index (χ0) is 5.82. The summed E-state index contributed by atoms with van der Waals surface area (Å²) in [5.41, 5.74) is 2.05. The number of anilines is 1. The lowest BCUT2D eigenvalue weighted by molar-refractivity contribution is 1.19. The molecule has 0 aliphatic carbocycles. The maximum atomic E-state index is 6.57. The van der Waals surface area contributed by atoms with Gasteiger partial charge in [0.25, 0.3) is 0 Å². The Balaban J connectivity index is 2.83. The predicted molar refractivity (Wildman–Crippen MR) is 26.4 cm³/mol. The molecule has 0 bridgehead atoms. The Morgan fingerprint density at radius 3 is 2.71 bits per heavy atom. The summed E-state index contributed by atoms with van der Waals surface area (Å²) in [5.74, 6) is 0.326. The zero-order valence-electron chi connectivity index (χ0n) is 4.63. The van der Waals surface area contributed by atoms with Gasteiger partial charge in [-0.05, 0) is 6.07 Å². The summed E-state index contributed by atoms with van der Waals surface area (Å²) >= 11 is 0. The first-order valence-corrected chi connectivity index (χ1v) is 1.88. The first-order chi connectivity index (χ1) is 3.93. The number of hydrogen-bond donors (Lipinski definition) is 1. The van der Waals surface area contributed by atoms with Gasteiger partial charge in [-0.25, -0.2) is 9.97 Å². The Bertz CT molecular complexity index is 153. The maximum Gasteiger partial charge on any atom is 0.219 e. The number of aromatic nitrogens is 2. The topological polar surface area (TPSA) is 51.8 Å². The lowest BCUT2D eigenvalue weighted by Gasteiger charge is -1.82. The van der Waals surface area contributed by atoms with E-state index in [2.05, 4.69) is 15.7 Å². The average molecular weight is 97.1 g/mol. The van der Waals surface area contributed by atoms with Crippen molar-refractivity contribution in [3.63, 3.8) is 0 Å². The van der Waals surface area contributed by atoms with E-state index in [1.807, 2.05) is 0 Å². The van der Waals surface area contributed by atoms with Crippen LogP contribution in [0.3, 0.4) is 0 Å². The van der Waals surface area contributed by atoms with Gasteiger partial charge in [0, 0.05) is 12.4 Å². The quantitative estimate of drug-likeness (QED) is 0.539. The minimum atomic E-state index is 0.326. The fourth-order valence-corrected chi connectivity index (χ4v) is 0.299. The number of nitrogen functional groups attached to an aromatic ring is 1. The van der Waals surface area contributed by atoms with Crippen molar-refractivity contribution in [1.29, 1.82) is 0 Å². The molecule has 0 radical (unpaired) electrons. The minimum Gasteiger partial charge on any atom is -0.368 e. The molecule has 3 nitrogen and oxygen atoms in total. The monoisotopic (exact) mass is 97.1 g/mol. The molecule has 1 heterocycles. The molecule has 0 unspecified atom stereocenters. The van der Waals surface area contributed by atoms with Crippen molar-refractivity contribution in [1.82, 2.24) is 9.97 Å². The van der Waals surface area contributed by atoms with E-state index < -0.39 is 0 Å². The SMILES string of the molecule is [3H]Nc1ncccn1. The smallest absolute Gasteiger partial charge is 0.219 e. The number of hydrogen-bond acceptors (Lipinski definition) is 3. The predicted octanol–water partition coefficient (Wildman–Crippen LogP) is 0.0588. The highest BCUT2D eigenvalue weighted by atomic mass is 15.0. The van der Waals surface area contributed by atoms with Crippen LogP contribution < -0.4 is 5.73 Å². The Hall–Kier alpha value is -1.12. The van der Waals surface area contributed by atoms with Gasteiger partial charge in [0.15, 0.2) is 1.41 Å². The van der Waals surface area contributed by atoms with Crippen LogP contribution in [0.5, 0.6) is 0 Å². The molecule has 0 saturated carbocycles. The molecule has 0 aliphatic rings. The third-order valence-corrected chi connectivity index (χ3v) is 0.566. The van der Waals surface area contributed by atoms with Crippen LogP contribution in [-0.4, -0.2) is 9.97 Å². The van der Waals surface area contributed by atoms with Crippen molar-refractivity contribution in [2.24, 2.45) is 0 Å². The Kier molecular flexibility index (Phi) is 0.656. The van der Waals surface area contributed by atoms with E-state index in [-0.39, 0.29) is 0 Å². The molecule has 0 amide bonds. The molecule has 2 N–H and O–H groups in total. The van der Waals surface area contributed by atoms with Gasteiger partial charge in [0.1, 0.15) is 0 Å². The largest absolute Gasteiger partial charge is 0.368 e. The summed E-state index contributed by atoms with van der Waals surface area (Å²) < 4.78 is 6.57. The van der Waals surface area contributed by atoms with Gasteiger partial charge in [-0.15, -0.1) is 0 Å². The van der Waals surface area contributed by atoms with Gasteiger partial charge < -0.3 is 5.73 Å². The lowest BCUT2D eigenvalue weighted by Crippen LogP contribution is -1.90. The van der Waals surface area contributed by atoms with Crippen molar-refractivity contribution in [3.8, 4) is 0 Å². The van der Waals surface area contributed by atoms with Crippen LogP contribution >= 0.6 is 0 Å². The summed E-state index contributed by atoms with van der Waals surface area (Å²) in [7, 11) is 0. The Morgan fingerprint density at radius 2 is 2.29 bits per heavy atom. The first kappa shape index (κ1) is 2.96. The second-order valence-electron chi connectivity index (χ2n) is 1.07. The number of nitrogens with two attached hydrogens (primary N) is 1. The second-order valence-corrected chi connectivity index (χ2v) is 1.07. The highest BCUT2D eigenvalue weighted by molar-refractivity contribution is 5.11. The normalized spacial score (nSPS) is 10.0. The maximum absolute atomic E-state index is 6.57. The third-order valence-electron chi connectivity index (χ3n) is 0.566. The summed E-state index contributed by atoms with van der Waals surface area (Å²) in [6, 6.07) is 1.70. The lowest BCUT2D eigenvalue weighted by atomic mass is 10.7. The van der Waals surface area contributed by atoms with E-state index in [9.17, 15) is 0 Å². The summed E-state index contributed by atoms with van der Waals surface area (Å²) in [6.07, 6.45) is 3.15. The van der Waals surface area contributed by atoms with Crippen molar-refractivity contribution in [3.05, 3.63) is 18.5 Å². The molecule has 0 aromatic carbocycles. The van der Waals surface area contributed by atoms with Gasteiger partial charge in [0.2, 0.25) is 5.95 Å². The van der Waals surface area contributed by atoms with E-state index >= 15 is 0 Å². The van der Waals surface area contributed by atoms with E-state index in [0.29, 0.717) is 5.95 Å². The molecule has 7 heavy (non-hydrogen) atoms. The molecule has 0 aliphatic heterocycles. The molecule has 3 heteroatoms. The van der Waals surface area contributed by atoms with Gasteiger partial charge >= 0.3 is 0 Å². The summed E-state index contributed by atoms with van der Waals surface area (Å²) in [4.78, 5) is 7.38. The summed E-state index contributed by atoms with van der Waals surface area (Å²) in [5, 5.41) is 0. The molecule has 0 fully saturated rings. The first-order valence-electron chi connectivity index (χ1n) is 2.38. The fraction of sp³-hybridized carbons (Fsp3) is 0. The van der Waals surface area contributed by atoms with E-state index in [4.69, 9.17) is 1.41 Å². The number of rotatable bonds is 1. The van der Waals surface area contributed by atoms with E-state index in [0.717, 1.165) is 0 Å². The average Bonchev–Trinajstić information content (AvgIpc) is 1.90. The zero-order valence-corrected chi connectivity index (χ0v) is 3.63. The van der Waals surface area contributed by atoms with E-state index in [1.165, 1.54) is 0 Å². The van der Waals surface area contributed by atoms with Crippen molar-refractivity contribution in [2.45, 2.75) is 0 Å². The van der Waals surface area contributed by atoms with Crippen LogP contribution in [0.25, 0.3) is 0 Å². The molecule has 0 saturated heterocycles. The molecule has 1 aromatic heterocycles. The highest BCUT2D eigenvalue weighted by Crippen LogP contribution is 1.81. The molecule has 1 aromatic rings. The standard InChI is InChI=1S/C4H5N3/c5-4-6-2-1-3-7-4/h1-3H,(H2,5,6,7)/i/hT. The minimum absolute atomic E-state index is 0.326. The molecular weight excluding hydrogens is 90.1 g/mol. The molecular formula is C4H5N3. The van der Waals surface area contributed by atoms with Gasteiger partial charge in [-0.3, -0.25) is 0 Å². The highest BCUT2D eigenvalue weighted by Gasteiger charge is 1.75. The van der Waals surface area contributed by atoms with Crippen LogP contribution in [0.2, 0.25) is 1.41 Å². The molecule has 0 spiro atoms. The van der Waals surface area contributed by atoms with Crippen LogP contribution in [0.15, 0.2) is 18.5 Å². The van der Waals surface area contributed by atoms with Crippen molar-refractivity contribution in [2.75, 3.05) is 5.73 Å². The van der Waals surface area contributed by atoms with Crippen LogP contribution in [0.4, 0.5) is 5.95 Å². The van der Waals surface area contributed by atoms with Crippen LogP contribution in [-0.2, 0) is 0 Å². The van der Waals surface area contributed by atoms with Crippen LogP contribution in [0.1, 0.15) is 0 Å². The second kappa shape index (κ2) is 1.55. The molecule has 0 atom stereocenters. The Morgan fingerprint density at radius 1 is 1.57 bits per heavy atom.